The molecule has 0 spiro atoms. The van der Waals surface area contributed by atoms with Gasteiger partial charge in [0.25, 0.3) is 0 Å². The molecule has 0 bridgehead atoms. The van der Waals surface area contributed by atoms with Crippen molar-refractivity contribution in [2.75, 3.05) is 19.7 Å². The second kappa shape index (κ2) is 3.25. The fourth-order valence-corrected chi connectivity index (χ4v) is 3.10. The number of hydrogen-bond acceptors (Lipinski definition) is 2. The van der Waals surface area contributed by atoms with E-state index in [1.807, 2.05) is 0 Å². The van der Waals surface area contributed by atoms with E-state index in [0.717, 1.165) is 37.5 Å². The summed E-state index contributed by atoms with van der Waals surface area (Å²) < 4.78 is 5.89. The van der Waals surface area contributed by atoms with E-state index >= 15 is 0 Å². The first-order chi connectivity index (χ1) is 6.43. The van der Waals surface area contributed by atoms with Crippen molar-refractivity contribution in [1.29, 1.82) is 0 Å². The Bertz CT molecular complexity index is 177. The lowest BCUT2D eigenvalue weighted by Crippen LogP contribution is -2.32. The third kappa shape index (κ3) is 1.62. The van der Waals surface area contributed by atoms with Crippen LogP contribution in [0.25, 0.3) is 0 Å². The van der Waals surface area contributed by atoms with Crippen LogP contribution >= 0.6 is 0 Å². The molecule has 13 heavy (non-hydrogen) atoms. The number of nitrogens with one attached hydrogen (secondary N) is 1. The summed E-state index contributed by atoms with van der Waals surface area (Å²) in [5, 5.41) is 3.48. The summed E-state index contributed by atoms with van der Waals surface area (Å²) in [5.74, 6) is 3.07. The third-order valence-corrected chi connectivity index (χ3v) is 3.98. The van der Waals surface area contributed by atoms with Crippen LogP contribution in [-0.4, -0.2) is 25.8 Å². The van der Waals surface area contributed by atoms with Crippen LogP contribution < -0.4 is 5.32 Å². The summed E-state index contributed by atoms with van der Waals surface area (Å²) in [6.45, 7) is 3.23. The Morgan fingerprint density at radius 1 is 1.00 bits per heavy atom. The Kier molecular flexibility index (Phi) is 2.06. The summed E-state index contributed by atoms with van der Waals surface area (Å²) in [5.41, 5.74) is 0. The van der Waals surface area contributed by atoms with Crippen LogP contribution in [0.15, 0.2) is 0 Å². The minimum Gasteiger partial charge on any atom is -0.377 e. The molecule has 2 nitrogen and oxygen atoms in total. The van der Waals surface area contributed by atoms with Crippen molar-refractivity contribution < 1.29 is 4.74 Å². The zero-order chi connectivity index (χ0) is 8.67. The predicted molar refractivity (Wildman–Crippen MR) is 51.5 cm³/mol. The molecule has 0 aromatic rings. The van der Waals surface area contributed by atoms with E-state index in [1.54, 1.807) is 0 Å². The van der Waals surface area contributed by atoms with E-state index in [9.17, 15) is 0 Å². The van der Waals surface area contributed by atoms with Crippen LogP contribution in [0.1, 0.15) is 25.7 Å². The summed E-state index contributed by atoms with van der Waals surface area (Å²) in [4.78, 5) is 0. The van der Waals surface area contributed by atoms with Gasteiger partial charge in [-0.1, -0.05) is 0 Å². The smallest absolute Gasteiger partial charge is 0.0727 e. The Labute approximate surface area is 80.0 Å². The first kappa shape index (κ1) is 8.25. The van der Waals surface area contributed by atoms with Gasteiger partial charge in [-0.05, 0) is 50.0 Å². The van der Waals surface area contributed by atoms with E-state index in [-0.39, 0.29) is 0 Å². The molecule has 2 saturated carbocycles. The maximum absolute atomic E-state index is 5.89. The van der Waals surface area contributed by atoms with Gasteiger partial charge in [0, 0.05) is 13.2 Å². The van der Waals surface area contributed by atoms with E-state index in [1.165, 1.54) is 25.7 Å². The van der Waals surface area contributed by atoms with Gasteiger partial charge in [-0.3, -0.25) is 0 Å². The molecule has 3 fully saturated rings. The quantitative estimate of drug-likeness (QED) is 0.660. The molecule has 3 rings (SSSR count). The molecule has 1 saturated heterocycles. The lowest BCUT2D eigenvalue weighted by atomic mass is 9.96. The van der Waals surface area contributed by atoms with Crippen LogP contribution in [-0.2, 0) is 4.74 Å². The van der Waals surface area contributed by atoms with Gasteiger partial charge in [-0.25, -0.2) is 0 Å². The summed E-state index contributed by atoms with van der Waals surface area (Å²) >= 11 is 0. The van der Waals surface area contributed by atoms with Gasteiger partial charge in [-0.2, -0.15) is 0 Å². The van der Waals surface area contributed by atoms with Crippen molar-refractivity contribution in [1.82, 2.24) is 5.32 Å². The number of rotatable bonds is 1. The Morgan fingerprint density at radius 3 is 2.62 bits per heavy atom. The lowest BCUT2D eigenvalue weighted by molar-refractivity contribution is 0.0229. The van der Waals surface area contributed by atoms with Crippen LogP contribution in [0, 0.1) is 17.8 Å². The first-order valence-corrected chi connectivity index (χ1v) is 5.76. The average molecular weight is 181 g/mol. The zero-order valence-corrected chi connectivity index (χ0v) is 8.17. The molecule has 1 N–H and O–H groups in total. The normalized spacial score (nSPS) is 49.8. The topological polar surface area (TPSA) is 21.3 Å². The molecule has 2 heteroatoms. The minimum absolute atomic E-state index is 0.537. The monoisotopic (exact) mass is 181 g/mol. The van der Waals surface area contributed by atoms with Crippen molar-refractivity contribution in [3.05, 3.63) is 0 Å². The molecular weight excluding hydrogens is 162 g/mol. The van der Waals surface area contributed by atoms with Crippen molar-refractivity contribution in [2.45, 2.75) is 31.8 Å². The van der Waals surface area contributed by atoms with Crippen LogP contribution in [0.4, 0.5) is 0 Å². The van der Waals surface area contributed by atoms with Gasteiger partial charge in [0.05, 0.1) is 6.10 Å². The molecule has 74 valence electrons. The van der Waals surface area contributed by atoms with Crippen LogP contribution in [0.2, 0.25) is 0 Å². The molecule has 0 amide bonds. The number of hydrogen-bond donors (Lipinski definition) is 1. The van der Waals surface area contributed by atoms with Crippen molar-refractivity contribution in [2.24, 2.45) is 17.8 Å². The summed E-state index contributed by atoms with van der Waals surface area (Å²) in [7, 11) is 0. The molecule has 0 aromatic carbocycles. The van der Waals surface area contributed by atoms with E-state index in [0.29, 0.717) is 6.10 Å². The van der Waals surface area contributed by atoms with Crippen LogP contribution in [0.3, 0.4) is 0 Å². The van der Waals surface area contributed by atoms with Crippen molar-refractivity contribution >= 4 is 0 Å². The van der Waals surface area contributed by atoms with Gasteiger partial charge in [-0.15, -0.1) is 0 Å². The largest absolute Gasteiger partial charge is 0.377 e. The summed E-state index contributed by atoms with van der Waals surface area (Å²) in [6, 6.07) is 0. The molecule has 3 atom stereocenters. The van der Waals surface area contributed by atoms with E-state index < -0.39 is 0 Å². The second-order valence-corrected chi connectivity index (χ2v) is 4.95. The lowest BCUT2D eigenvalue weighted by Gasteiger charge is -2.23. The van der Waals surface area contributed by atoms with Gasteiger partial charge >= 0.3 is 0 Å². The molecular formula is C11H19NO. The number of fused-ring (bicyclic) bond motifs is 1. The van der Waals surface area contributed by atoms with Gasteiger partial charge < -0.3 is 10.1 Å². The minimum atomic E-state index is 0.537. The SMILES string of the molecule is C1CNCC(C2CC3CC3C2)OC1. The number of ether oxygens (including phenoxy) is 1. The van der Waals surface area contributed by atoms with Gasteiger partial charge in [0.2, 0.25) is 0 Å². The highest BCUT2D eigenvalue weighted by molar-refractivity contribution is 4.98. The highest BCUT2D eigenvalue weighted by Gasteiger charge is 2.48. The predicted octanol–water partition coefficient (Wildman–Crippen LogP) is 1.41. The van der Waals surface area contributed by atoms with Gasteiger partial charge in [0.15, 0.2) is 0 Å². The summed E-state index contributed by atoms with van der Waals surface area (Å²) in [6.07, 6.45) is 6.16. The first-order valence-electron chi connectivity index (χ1n) is 5.76. The molecule has 1 heterocycles. The molecule has 3 aliphatic rings. The average Bonchev–Trinajstić information content (AvgIpc) is 2.85. The fraction of sp³-hybridized carbons (Fsp3) is 1.00. The highest BCUT2D eigenvalue weighted by Crippen LogP contribution is 2.55. The molecule has 0 radical (unpaired) electrons. The van der Waals surface area contributed by atoms with Gasteiger partial charge in [0.1, 0.15) is 0 Å². The van der Waals surface area contributed by atoms with Crippen LogP contribution in [0.5, 0.6) is 0 Å². The molecule has 1 aliphatic heterocycles. The molecule has 0 aromatic heterocycles. The molecule has 2 aliphatic carbocycles. The Balaban J connectivity index is 1.57. The maximum atomic E-state index is 5.89. The van der Waals surface area contributed by atoms with E-state index in [4.69, 9.17) is 4.74 Å². The second-order valence-electron chi connectivity index (χ2n) is 4.95. The standard InChI is InChI=1S/C11H19NO/c1-2-12-7-11(13-3-1)10-5-8-4-9(8)6-10/h8-12H,1-7H2. The van der Waals surface area contributed by atoms with Crippen molar-refractivity contribution in [3.63, 3.8) is 0 Å². The maximum Gasteiger partial charge on any atom is 0.0727 e. The Morgan fingerprint density at radius 2 is 1.77 bits per heavy atom. The molecule has 3 unspecified atom stereocenters. The third-order valence-electron chi connectivity index (χ3n) is 3.98. The Hall–Kier alpha value is -0.0800. The fourth-order valence-electron chi connectivity index (χ4n) is 3.10. The van der Waals surface area contributed by atoms with Crippen molar-refractivity contribution in [3.8, 4) is 0 Å². The highest BCUT2D eigenvalue weighted by atomic mass is 16.5. The zero-order valence-electron chi connectivity index (χ0n) is 8.17. The van der Waals surface area contributed by atoms with E-state index in [2.05, 4.69) is 5.32 Å².